The average molecular weight is 220 g/mol. The average Bonchev–Trinajstić information content (AvgIpc) is 1.81. The Morgan fingerprint density at radius 3 is 2.15 bits per heavy atom. The molecule has 0 rings (SSSR count). The normalized spacial score (nSPS) is 13.2. The lowest BCUT2D eigenvalue weighted by molar-refractivity contribution is -0.135. The molecule has 0 aliphatic carbocycles. The third-order valence-electron chi connectivity index (χ3n) is 1.15. The van der Waals surface area contributed by atoms with Crippen LogP contribution in [0.15, 0.2) is 0 Å². The molecule has 0 fully saturated rings. The number of hydrogen-bond acceptors (Lipinski definition) is 3. The first-order valence-corrected chi connectivity index (χ1v) is 5.43. The molecule has 0 heterocycles. The molecule has 80 valence electrons. The van der Waals surface area contributed by atoms with E-state index in [1.807, 2.05) is 0 Å². The molecule has 0 saturated heterocycles. The van der Waals surface area contributed by atoms with Gasteiger partial charge in [-0.3, -0.25) is 4.18 Å². The lowest BCUT2D eigenvalue weighted by Gasteiger charge is -2.05. The maximum Gasteiger partial charge on any atom is 0.389 e. The zero-order chi connectivity index (χ0) is 10.5. The van der Waals surface area contributed by atoms with Crippen LogP contribution < -0.4 is 0 Å². The molecule has 0 aromatic rings. The SMILES string of the molecule is CS(=O)(=O)OCCCCC(F)(F)F. The lowest BCUT2D eigenvalue weighted by Crippen LogP contribution is -2.08. The Morgan fingerprint density at radius 2 is 1.77 bits per heavy atom. The van der Waals surface area contributed by atoms with Crippen LogP contribution in [0.3, 0.4) is 0 Å². The van der Waals surface area contributed by atoms with Crippen molar-refractivity contribution < 1.29 is 25.8 Å². The van der Waals surface area contributed by atoms with E-state index in [-0.39, 0.29) is 19.4 Å². The highest BCUT2D eigenvalue weighted by molar-refractivity contribution is 7.85. The Labute approximate surface area is 75.0 Å². The molecule has 3 nitrogen and oxygen atoms in total. The monoisotopic (exact) mass is 220 g/mol. The third kappa shape index (κ3) is 11.7. The Morgan fingerprint density at radius 1 is 1.23 bits per heavy atom. The largest absolute Gasteiger partial charge is 0.389 e. The van der Waals surface area contributed by atoms with E-state index in [4.69, 9.17) is 0 Å². The molecule has 7 heteroatoms. The van der Waals surface area contributed by atoms with E-state index in [0.717, 1.165) is 6.26 Å². The molecule has 0 aliphatic heterocycles. The van der Waals surface area contributed by atoms with Crippen molar-refractivity contribution in [1.82, 2.24) is 0 Å². The lowest BCUT2D eigenvalue weighted by atomic mass is 10.2. The van der Waals surface area contributed by atoms with Crippen LogP contribution in [-0.2, 0) is 14.3 Å². The zero-order valence-corrected chi connectivity index (χ0v) is 7.91. The molecule has 0 aliphatic rings. The fraction of sp³-hybridized carbons (Fsp3) is 1.00. The Balaban J connectivity index is 3.39. The molecule has 0 saturated carbocycles. The Kier molecular flexibility index (Phi) is 4.69. The fourth-order valence-electron chi connectivity index (χ4n) is 0.638. The van der Waals surface area contributed by atoms with Gasteiger partial charge in [-0.2, -0.15) is 21.6 Å². The fourth-order valence-corrected chi connectivity index (χ4v) is 1.06. The van der Waals surface area contributed by atoms with E-state index in [9.17, 15) is 21.6 Å². The van der Waals surface area contributed by atoms with Crippen molar-refractivity contribution in [2.45, 2.75) is 25.4 Å². The van der Waals surface area contributed by atoms with Gasteiger partial charge in [0.2, 0.25) is 0 Å². The van der Waals surface area contributed by atoms with Gasteiger partial charge in [-0.15, -0.1) is 0 Å². The van der Waals surface area contributed by atoms with Crippen molar-refractivity contribution in [3.05, 3.63) is 0 Å². The summed E-state index contributed by atoms with van der Waals surface area (Å²) < 4.78 is 59.6. The van der Waals surface area contributed by atoms with Gasteiger partial charge in [-0.1, -0.05) is 0 Å². The molecular weight excluding hydrogens is 209 g/mol. The molecule has 0 aromatic heterocycles. The summed E-state index contributed by atoms with van der Waals surface area (Å²) in [7, 11) is -3.52. The van der Waals surface area contributed by atoms with Crippen molar-refractivity contribution >= 4 is 10.1 Å². The predicted octanol–water partition coefficient (Wildman–Crippen LogP) is 1.70. The summed E-state index contributed by atoms with van der Waals surface area (Å²) in [5, 5.41) is 0. The molecule has 0 amide bonds. The van der Waals surface area contributed by atoms with Crippen LogP contribution in [0, 0.1) is 0 Å². The highest BCUT2D eigenvalue weighted by Gasteiger charge is 2.25. The van der Waals surface area contributed by atoms with Gasteiger partial charge in [0.1, 0.15) is 0 Å². The minimum Gasteiger partial charge on any atom is -0.270 e. The molecule has 0 N–H and O–H groups in total. The summed E-state index contributed by atoms with van der Waals surface area (Å²) in [6.45, 7) is -0.186. The smallest absolute Gasteiger partial charge is 0.270 e. The summed E-state index contributed by atoms with van der Waals surface area (Å²) in [6, 6.07) is 0. The summed E-state index contributed by atoms with van der Waals surface area (Å²) in [5.74, 6) is 0. The first-order valence-electron chi connectivity index (χ1n) is 3.62. The molecular formula is C6H11F3O3S. The maximum atomic E-state index is 11.6. The molecule has 13 heavy (non-hydrogen) atoms. The Bertz CT molecular complexity index is 232. The maximum absolute atomic E-state index is 11.6. The summed E-state index contributed by atoms with van der Waals surface area (Å²) in [4.78, 5) is 0. The summed E-state index contributed by atoms with van der Waals surface area (Å²) in [6.07, 6.45) is -4.24. The topological polar surface area (TPSA) is 43.4 Å². The van der Waals surface area contributed by atoms with Crippen LogP contribution in [0.4, 0.5) is 13.2 Å². The van der Waals surface area contributed by atoms with E-state index in [1.165, 1.54) is 0 Å². The van der Waals surface area contributed by atoms with Crippen molar-refractivity contribution in [3.63, 3.8) is 0 Å². The minimum atomic E-state index is -4.18. The van der Waals surface area contributed by atoms with E-state index < -0.39 is 22.7 Å². The van der Waals surface area contributed by atoms with Crippen LogP contribution >= 0.6 is 0 Å². The van der Waals surface area contributed by atoms with Crippen molar-refractivity contribution in [2.24, 2.45) is 0 Å². The molecule has 0 aromatic carbocycles. The molecule has 0 bridgehead atoms. The number of halogens is 3. The molecule has 0 unspecified atom stereocenters. The predicted molar refractivity (Wildman–Crippen MR) is 40.7 cm³/mol. The van der Waals surface area contributed by atoms with E-state index >= 15 is 0 Å². The van der Waals surface area contributed by atoms with E-state index in [0.29, 0.717) is 0 Å². The van der Waals surface area contributed by atoms with Crippen LogP contribution in [-0.4, -0.2) is 27.5 Å². The number of hydrogen-bond donors (Lipinski definition) is 0. The number of alkyl halides is 3. The van der Waals surface area contributed by atoms with Gasteiger partial charge in [0.25, 0.3) is 10.1 Å². The van der Waals surface area contributed by atoms with Gasteiger partial charge in [0, 0.05) is 6.42 Å². The van der Waals surface area contributed by atoms with Crippen molar-refractivity contribution in [2.75, 3.05) is 12.9 Å². The second-order valence-electron chi connectivity index (χ2n) is 2.60. The Hall–Kier alpha value is -0.300. The molecule has 0 spiro atoms. The van der Waals surface area contributed by atoms with Crippen LogP contribution in [0.5, 0.6) is 0 Å². The highest BCUT2D eigenvalue weighted by Crippen LogP contribution is 2.22. The van der Waals surface area contributed by atoms with E-state index in [2.05, 4.69) is 4.18 Å². The number of rotatable bonds is 5. The number of unbranched alkanes of at least 4 members (excludes halogenated alkanes) is 1. The second-order valence-corrected chi connectivity index (χ2v) is 4.24. The standard InChI is InChI=1S/C6H11F3O3S/c1-13(10,11)12-5-3-2-4-6(7,8)9/h2-5H2,1H3. The minimum absolute atomic E-state index is 0.0899. The molecule has 0 radical (unpaired) electrons. The van der Waals surface area contributed by atoms with E-state index in [1.54, 1.807) is 0 Å². The third-order valence-corrected chi connectivity index (χ3v) is 1.75. The first kappa shape index (κ1) is 12.7. The summed E-state index contributed by atoms with van der Waals surface area (Å²) >= 11 is 0. The van der Waals surface area contributed by atoms with Gasteiger partial charge in [0.15, 0.2) is 0 Å². The van der Waals surface area contributed by atoms with Crippen molar-refractivity contribution in [3.8, 4) is 0 Å². The summed E-state index contributed by atoms with van der Waals surface area (Å²) in [5.41, 5.74) is 0. The second kappa shape index (κ2) is 4.80. The first-order chi connectivity index (χ1) is 5.71. The van der Waals surface area contributed by atoms with Gasteiger partial charge in [0.05, 0.1) is 12.9 Å². The van der Waals surface area contributed by atoms with Gasteiger partial charge < -0.3 is 0 Å². The highest BCUT2D eigenvalue weighted by atomic mass is 32.2. The zero-order valence-electron chi connectivity index (χ0n) is 7.10. The van der Waals surface area contributed by atoms with Crippen molar-refractivity contribution in [1.29, 1.82) is 0 Å². The van der Waals surface area contributed by atoms with Crippen LogP contribution in [0.1, 0.15) is 19.3 Å². The van der Waals surface area contributed by atoms with Gasteiger partial charge in [-0.05, 0) is 12.8 Å². The van der Waals surface area contributed by atoms with Crippen LogP contribution in [0.25, 0.3) is 0 Å². The van der Waals surface area contributed by atoms with Gasteiger partial charge in [-0.25, -0.2) is 0 Å². The van der Waals surface area contributed by atoms with Crippen LogP contribution in [0.2, 0.25) is 0 Å². The van der Waals surface area contributed by atoms with Gasteiger partial charge >= 0.3 is 6.18 Å². The quantitative estimate of drug-likeness (QED) is 0.523. The molecule has 0 atom stereocenters.